The lowest BCUT2D eigenvalue weighted by Gasteiger charge is -2.02. The standard InChI is InChI=1S/C6H15N5O2.C6H6/c7-10-5(12)1-3-9-4-2-6(13)11-8;1-2-4-6-5-3-1/h9H,1-4,7-8H2,(H,10,12)(H,11,13);1-6H. The Kier molecular flexibility index (Phi) is 11.2. The summed E-state index contributed by atoms with van der Waals surface area (Å²) in [6, 6.07) is 12.0. The molecule has 19 heavy (non-hydrogen) atoms. The molecule has 1 aromatic carbocycles. The van der Waals surface area contributed by atoms with E-state index in [9.17, 15) is 9.59 Å². The Morgan fingerprint density at radius 2 is 1.05 bits per heavy atom. The van der Waals surface area contributed by atoms with Gasteiger partial charge in [-0.05, 0) is 0 Å². The third-order valence-electron chi connectivity index (χ3n) is 2.05. The maximum atomic E-state index is 10.6. The van der Waals surface area contributed by atoms with E-state index in [0.29, 0.717) is 25.9 Å². The van der Waals surface area contributed by atoms with Crippen molar-refractivity contribution >= 4 is 11.8 Å². The maximum Gasteiger partial charge on any atom is 0.235 e. The highest BCUT2D eigenvalue weighted by Gasteiger charge is 1.99. The van der Waals surface area contributed by atoms with Crippen LogP contribution >= 0.6 is 0 Å². The van der Waals surface area contributed by atoms with Gasteiger partial charge in [0, 0.05) is 25.9 Å². The molecule has 0 saturated heterocycles. The summed E-state index contributed by atoms with van der Waals surface area (Å²) < 4.78 is 0. The Balaban J connectivity index is 0.000000443. The second-order valence-corrected chi connectivity index (χ2v) is 3.54. The first-order chi connectivity index (χ1) is 9.20. The van der Waals surface area contributed by atoms with Crippen LogP contribution in [0.3, 0.4) is 0 Å². The van der Waals surface area contributed by atoms with Crippen molar-refractivity contribution < 1.29 is 9.59 Å². The van der Waals surface area contributed by atoms with Crippen LogP contribution < -0.4 is 27.9 Å². The predicted molar refractivity (Wildman–Crippen MR) is 73.2 cm³/mol. The van der Waals surface area contributed by atoms with Gasteiger partial charge in [0.2, 0.25) is 11.8 Å². The minimum atomic E-state index is -0.240. The summed E-state index contributed by atoms with van der Waals surface area (Å²) in [5.41, 5.74) is 4.00. The average molecular weight is 267 g/mol. The van der Waals surface area contributed by atoms with Crippen molar-refractivity contribution in [2.75, 3.05) is 13.1 Å². The zero-order valence-electron chi connectivity index (χ0n) is 10.8. The van der Waals surface area contributed by atoms with Crippen molar-refractivity contribution in [3.8, 4) is 0 Å². The van der Waals surface area contributed by atoms with Crippen molar-refractivity contribution in [3.63, 3.8) is 0 Å². The fourth-order valence-electron chi connectivity index (χ4n) is 1.06. The van der Waals surface area contributed by atoms with Crippen molar-refractivity contribution in [2.45, 2.75) is 12.8 Å². The zero-order valence-corrected chi connectivity index (χ0v) is 10.8. The Hall–Kier alpha value is -1.96. The summed E-state index contributed by atoms with van der Waals surface area (Å²) in [6.45, 7) is 0.974. The smallest absolute Gasteiger partial charge is 0.235 e. The molecule has 7 nitrogen and oxygen atoms in total. The van der Waals surface area contributed by atoms with Crippen molar-refractivity contribution in [1.29, 1.82) is 0 Å². The molecule has 0 heterocycles. The van der Waals surface area contributed by atoms with Gasteiger partial charge in [-0.2, -0.15) is 0 Å². The Morgan fingerprint density at radius 1 is 0.737 bits per heavy atom. The molecule has 0 aromatic heterocycles. The third kappa shape index (κ3) is 12.3. The molecule has 0 unspecified atom stereocenters. The molecular weight excluding hydrogens is 246 g/mol. The number of hydrogen-bond donors (Lipinski definition) is 5. The monoisotopic (exact) mass is 267 g/mol. The molecule has 7 heteroatoms. The van der Waals surface area contributed by atoms with E-state index in [0.717, 1.165) is 0 Å². The first kappa shape index (κ1) is 17.0. The molecule has 0 saturated carbocycles. The topological polar surface area (TPSA) is 122 Å². The molecule has 0 aliphatic carbocycles. The van der Waals surface area contributed by atoms with Gasteiger partial charge in [-0.25, -0.2) is 11.7 Å². The SMILES string of the molecule is NNC(=O)CCNCCC(=O)NN.c1ccccc1. The number of rotatable bonds is 6. The van der Waals surface area contributed by atoms with Gasteiger partial charge >= 0.3 is 0 Å². The van der Waals surface area contributed by atoms with Gasteiger partial charge in [0.1, 0.15) is 0 Å². The van der Waals surface area contributed by atoms with Gasteiger partial charge in [-0.1, -0.05) is 36.4 Å². The van der Waals surface area contributed by atoms with E-state index in [1.54, 1.807) is 0 Å². The summed E-state index contributed by atoms with van der Waals surface area (Å²) in [5, 5.41) is 2.88. The molecule has 0 aliphatic rings. The second kappa shape index (κ2) is 12.5. The molecule has 0 atom stereocenters. The number of nitrogens with one attached hydrogen (secondary N) is 3. The summed E-state index contributed by atoms with van der Waals surface area (Å²) in [5.74, 6) is 9.22. The van der Waals surface area contributed by atoms with E-state index in [1.165, 1.54) is 0 Å². The minimum Gasteiger partial charge on any atom is -0.316 e. The first-order valence-corrected chi connectivity index (χ1v) is 5.90. The van der Waals surface area contributed by atoms with E-state index in [1.807, 2.05) is 47.2 Å². The lowest BCUT2D eigenvalue weighted by atomic mass is 10.3. The van der Waals surface area contributed by atoms with Gasteiger partial charge in [0.05, 0.1) is 0 Å². The number of hydrogen-bond acceptors (Lipinski definition) is 5. The van der Waals surface area contributed by atoms with E-state index in [4.69, 9.17) is 11.7 Å². The first-order valence-electron chi connectivity index (χ1n) is 5.90. The van der Waals surface area contributed by atoms with Crippen LogP contribution in [-0.4, -0.2) is 24.9 Å². The summed E-state index contributed by atoms with van der Waals surface area (Å²) in [7, 11) is 0. The van der Waals surface area contributed by atoms with Gasteiger partial charge in [-0.3, -0.25) is 20.4 Å². The number of carbonyl (C=O) groups excluding carboxylic acids is 2. The molecule has 7 N–H and O–H groups in total. The molecule has 1 rings (SSSR count). The van der Waals surface area contributed by atoms with Crippen LogP contribution in [0.1, 0.15) is 12.8 Å². The normalized spacial score (nSPS) is 8.95. The fraction of sp³-hybridized carbons (Fsp3) is 0.333. The molecule has 1 aromatic rings. The van der Waals surface area contributed by atoms with Crippen LogP contribution in [0.25, 0.3) is 0 Å². The van der Waals surface area contributed by atoms with Crippen LogP contribution in [0.5, 0.6) is 0 Å². The van der Waals surface area contributed by atoms with Crippen molar-refractivity contribution in [2.24, 2.45) is 11.7 Å². The van der Waals surface area contributed by atoms with E-state index < -0.39 is 0 Å². The van der Waals surface area contributed by atoms with Crippen molar-refractivity contribution in [1.82, 2.24) is 16.2 Å². The summed E-state index contributed by atoms with van der Waals surface area (Å²) >= 11 is 0. The lowest BCUT2D eigenvalue weighted by Crippen LogP contribution is -2.35. The van der Waals surface area contributed by atoms with Crippen LogP contribution in [0.4, 0.5) is 0 Å². The van der Waals surface area contributed by atoms with E-state index in [2.05, 4.69) is 5.32 Å². The molecule has 0 radical (unpaired) electrons. The number of hydrazine groups is 2. The largest absolute Gasteiger partial charge is 0.316 e. The van der Waals surface area contributed by atoms with E-state index >= 15 is 0 Å². The number of benzene rings is 1. The summed E-state index contributed by atoms with van der Waals surface area (Å²) in [6.07, 6.45) is 0.585. The third-order valence-corrected chi connectivity index (χ3v) is 2.05. The lowest BCUT2D eigenvalue weighted by molar-refractivity contribution is -0.121. The van der Waals surface area contributed by atoms with Crippen LogP contribution in [0, 0.1) is 0 Å². The molecule has 2 amide bonds. The van der Waals surface area contributed by atoms with Gasteiger partial charge < -0.3 is 5.32 Å². The van der Waals surface area contributed by atoms with Crippen molar-refractivity contribution in [3.05, 3.63) is 36.4 Å². The molecule has 0 fully saturated rings. The predicted octanol–water partition coefficient (Wildman–Crippen LogP) is -0.977. The number of nitrogens with two attached hydrogens (primary N) is 2. The Bertz CT molecular complexity index is 301. The van der Waals surface area contributed by atoms with Gasteiger partial charge in [-0.15, -0.1) is 0 Å². The van der Waals surface area contributed by atoms with Gasteiger partial charge in [0.25, 0.3) is 0 Å². The van der Waals surface area contributed by atoms with Crippen LogP contribution in [-0.2, 0) is 9.59 Å². The average Bonchev–Trinajstić information content (AvgIpc) is 2.48. The molecule has 106 valence electrons. The quantitative estimate of drug-likeness (QED) is 0.196. The molecule has 0 aliphatic heterocycles. The fourth-order valence-corrected chi connectivity index (χ4v) is 1.06. The minimum absolute atomic E-state index is 0.240. The molecule has 0 bridgehead atoms. The zero-order chi connectivity index (χ0) is 14.3. The molecule has 0 spiro atoms. The number of amides is 2. The summed E-state index contributed by atoms with van der Waals surface area (Å²) in [4.78, 5) is 21.2. The molecular formula is C12H21N5O2. The Labute approximate surface area is 112 Å². The number of carbonyl (C=O) groups is 2. The maximum absolute atomic E-state index is 10.6. The van der Waals surface area contributed by atoms with Crippen LogP contribution in [0.2, 0.25) is 0 Å². The highest BCUT2D eigenvalue weighted by molar-refractivity contribution is 5.75. The van der Waals surface area contributed by atoms with E-state index in [-0.39, 0.29) is 11.8 Å². The highest BCUT2D eigenvalue weighted by atomic mass is 16.2. The second-order valence-electron chi connectivity index (χ2n) is 3.54. The van der Waals surface area contributed by atoms with Gasteiger partial charge in [0.15, 0.2) is 0 Å². The Morgan fingerprint density at radius 3 is 1.32 bits per heavy atom. The van der Waals surface area contributed by atoms with Crippen LogP contribution in [0.15, 0.2) is 36.4 Å². The highest BCUT2D eigenvalue weighted by Crippen LogP contribution is 1.80.